The molecule has 0 aliphatic heterocycles. The minimum atomic E-state index is -0.483. The Bertz CT molecular complexity index is 242. The molecular formula is C8H12N2O. The van der Waals surface area contributed by atoms with Crippen molar-refractivity contribution in [3.05, 3.63) is 24.8 Å². The molecule has 0 amide bonds. The van der Waals surface area contributed by atoms with Gasteiger partial charge in [-0.25, -0.2) is 4.98 Å². The molecule has 1 N–H and O–H groups in total. The third-order valence-corrected chi connectivity index (χ3v) is 1.58. The second kappa shape index (κ2) is 3.34. The number of rotatable bonds is 3. The molecule has 0 radical (unpaired) electrons. The molecule has 60 valence electrons. The molecule has 11 heavy (non-hydrogen) atoms. The molecular weight excluding hydrogens is 140 g/mol. The van der Waals surface area contributed by atoms with Crippen LogP contribution in [0.5, 0.6) is 0 Å². The number of aromatic nitrogens is 2. The molecule has 1 rings (SSSR count). The van der Waals surface area contributed by atoms with Crippen LogP contribution >= 0.6 is 0 Å². The monoisotopic (exact) mass is 152 g/mol. The highest BCUT2D eigenvalue weighted by atomic mass is 16.3. The van der Waals surface area contributed by atoms with Gasteiger partial charge >= 0.3 is 0 Å². The third-order valence-electron chi connectivity index (χ3n) is 1.58. The topological polar surface area (TPSA) is 38.0 Å². The Balaban J connectivity index is 2.92. The highest BCUT2D eigenvalue weighted by molar-refractivity contribution is 5.20. The van der Waals surface area contributed by atoms with Crippen molar-refractivity contribution in [3.63, 3.8) is 0 Å². The summed E-state index contributed by atoms with van der Waals surface area (Å²) in [5, 5.41) is 9.40. The molecule has 3 nitrogen and oxygen atoms in total. The first kappa shape index (κ1) is 8.01. The molecule has 3 heteroatoms. The summed E-state index contributed by atoms with van der Waals surface area (Å²) >= 11 is 0. The lowest BCUT2D eigenvalue weighted by molar-refractivity contribution is 0.162. The molecule has 0 aromatic carbocycles. The molecule has 1 atom stereocenters. The van der Waals surface area contributed by atoms with Crippen LogP contribution < -0.4 is 0 Å². The van der Waals surface area contributed by atoms with Crippen molar-refractivity contribution in [1.82, 2.24) is 9.55 Å². The van der Waals surface area contributed by atoms with Gasteiger partial charge in [0.2, 0.25) is 0 Å². The van der Waals surface area contributed by atoms with Crippen molar-refractivity contribution >= 4 is 6.20 Å². The zero-order valence-electron chi connectivity index (χ0n) is 6.57. The first-order valence-corrected chi connectivity index (χ1v) is 3.63. The van der Waals surface area contributed by atoms with Crippen molar-refractivity contribution < 1.29 is 5.11 Å². The lowest BCUT2D eigenvalue weighted by atomic mass is 10.3. The van der Waals surface area contributed by atoms with E-state index >= 15 is 0 Å². The summed E-state index contributed by atoms with van der Waals surface area (Å²) in [4.78, 5) is 4.00. The van der Waals surface area contributed by atoms with Crippen LogP contribution in [-0.4, -0.2) is 14.7 Å². The number of aliphatic hydroxyl groups excluding tert-OH is 1. The number of nitrogens with zero attached hydrogens (tertiary/aromatic N) is 2. The maximum atomic E-state index is 9.40. The average molecular weight is 152 g/mol. The van der Waals surface area contributed by atoms with Crippen molar-refractivity contribution in [2.45, 2.75) is 19.4 Å². The van der Waals surface area contributed by atoms with Gasteiger partial charge in [-0.1, -0.05) is 13.5 Å². The molecule has 0 spiro atoms. The van der Waals surface area contributed by atoms with Crippen LogP contribution in [-0.2, 0) is 0 Å². The van der Waals surface area contributed by atoms with E-state index in [1.807, 2.05) is 6.92 Å². The first-order chi connectivity index (χ1) is 5.29. The first-order valence-electron chi connectivity index (χ1n) is 3.63. The van der Waals surface area contributed by atoms with E-state index in [-0.39, 0.29) is 0 Å². The van der Waals surface area contributed by atoms with Crippen LogP contribution in [0, 0.1) is 0 Å². The Morgan fingerprint density at radius 3 is 3.18 bits per heavy atom. The zero-order valence-corrected chi connectivity index (χ0v) is 6.57. The average Bonchev–Trinajstić information content (AvgIpc) is 2.50. The number of imidazole rings is 1. The summed E-state index contributed by atoms with van der Waals surface area (Å²) in [6.07, 6.45) is 5.23. The Hall–Kier alpha value is -1.09. The highest BCUT2D eigenvalue weighted by Crippen LogP contribution is 2.13. The fraction of sp³-hybridized carbons (Fsp3) is 0.375. The van der Waals surface area contributed by atoms with Gasteiger partial charge in [0.25, 0.3) is 0 Å². The summed E-state index contributed by atoms with van der Waals surface area (Å²) in [7, 11) is 0. The van der Waals surface area contributed by atoms with Gasteiger partial charge in [0.15, 0.2) is 0 Å². The van der Waals surface area contributed by atoms with E-state index in [1.165, 1.54) is 0 Å². The van der Waals surface area contributed by atoms with Gasteiger partial charge in [-0.2, -0.15) is 0 Å². The summed E-state index contributed by atoms with van der Waals surface area (Å²) in [5.74, 6) is 0.655. The van der Waals surface area contributed by atoms with Gasteiger partial charge in [0.05, 0.1) is 0 Å². The van der Waals surface area contributed by atoms with Gasteiger partial charge in [-0.05, 0) is 6.42 Å². The molecule has 0 fully saturated rings. The number of hydrogen-bond donors (Lipinski definition) is 1. The zero-order chi connectivity index (χ0) is 8.27. The molecule has 0 saturated carbocycles. The molecule has 1 heterocycles. The second-order valence-corrected chi connectivity index (χ2v) is 2.30. The van der Waals surface area contributed by atoms with E-state index in [0.717, 1.165) is 0 Å². The standard InChI is InChI=1S/C8H12N2O/c1-3-7(11)8-9-5-6-10(8)4-2/h4-7,11H,2-3H2,1H3. The van der Waals surface area contributed by atoms with Crippen LogP contribution in [0.2, 0.25) is 0 Å². The SMILES string of the molecule is C=Cn1ccnc1C(O)CC. The van der Waals surface area contributed by atoms with Gasteiger partial charge in [0, 0.05) is 18.6 Å². The Labute approximate surface area is 66.0 Å². The number of aliphatic hydroxyl groups is 1. The van der Waals surface area contributed by atoms with Crippen LogP contribution in [0.3, 0.4) is 0 Å². The van der Waals surface area contributed by atoms with E-state index in [1.54, 1.807) is 23.2 Å². The summed E-state index contributed by atoms with van der Waals surface area (Å²) in [6.45, 7) is 5.50. The summed E-state index contributed by atoms with van der Waals surface area (Å²) in [6, 6.07) is 0. The third kappa shape index (κ3) is 1.49. The lowest BCUT2D eigenvalue weighted by Gasteiger charge is -2.06. The fourth-order valence-electron chi connectivity index (χ4n) is 0.920. The van der Waals surface area contributed by atoms with E-state index in [2.05, 4.69) is 11.6 Å². The maximum Gasteiger partial charge on any atom is 0.141 e. The molecule has 1 aromatic heterocycles. The quantitative estimate of drug-likeness (QED) is 0.711. The number of hydrogen-bond acceptors (Lipinski definition) is 2. The second-order valence-electron chi connectivity index (χ2n) is 2.30. The van der Waals surface area contributed by atoms with E-state index < -0.39 is 6.10 Å². The largest absolute Gasteiger partial charge is 0.385 e. The van der Waals surface area contributed by atoms with E-state index in [0.29, 0.717) is 12.2 Å². The van der Waals surface area contributed by atoms with Crippen LogP contribution in [0.25, 0.3) is 6.20 Å². The Morgan fingerprint density at radius 2 is 2.64 bits per heavy atom. The predicted octanol–water partition coefficient (Wildman–Crippen LogP) is 1.43. The molecule has 0 aliphatic rings. The van der Waals surface area contributed by atoms with Crippen molar-refractivity contribution in [3.8, 4) is 0 Å². The van der Waals surface area contributed by atoms with Crippen LogP contribution in [0.4, 0.5) is 0 Å². The maximum absolute atomic E-state index is 9.40. The van der Waals surface area contributed by atoms with E-state index in [9.17, 15) is 5.11 Å². The van der Waals surface area contributed by atoms with Crippen molar-refractivity contribution in [2.24, 2.45) is 0 Å². The smallest absolute Gasteiger partial charge is 0.141 e. The minimum absolute atomic E-state index is 0.483. The molecule has 0 bridgehead atoms. The molecule has 0 aliphatic carbocycles. The normalized spacial score (nSPS) is 12.9. The van der Waals surface area contributed by atoms with Crippen molar-refractivity contribution in [2.75, 3.05) is 0 Å². The van der Waals surface area contributed by atoms with Crippen LogP contribution in [0.15, 0.2) is 19.0 Å². The Morgan fingerprint density at radius 1 is 1.91 bits per heavy atom. The predicted molar refractivity (Wildman–Crippen MR) is 43.9 cm³/mol. The van der Waals surface area contributed by atoms with Gasteiger partial charge in [0.1, 0.15) is 11.9 Å². The van der Waals surface area contributed by atoms with Crippen molar-refractivity contribution in [1.29, 1.82) is 0 Å². The highest BCUT2D eigenvalue weighted by Gasteiger charge is 2.08. The fourth-order valence-corrected chi connectivity index (χ4v) is 0.920. The summed E-state index contributed by atoms with van der Waals surface area (Å²) < 4.78 is 1.72. The van der Waals surface area contributed by atoms with Gasteiger partial charge in [-0.3, -0.25) is 0 Å². The van der Waals surface area contributed by atoms with Gasteiger partial charge in [-0.15, -0.1) is 0 Å². The molecule has 1 unspecified atom stereocenters. The lowest BCUT2D eigenvalue weighted by Crippen LogP contribution is -2.02. The molecule has 0 saturated heterocycles. The van der Waals surface area contributed by atoms with Gasteiger partial charge < -0.3 is 9.67 Å². The minimum Gasteiger partial charge on any atom is -0.385 e. The van der Waals surface area contributed by atoms with E-state index in [4.69, 9.17) is 0 Å². The molecule has 1 aromatic rings. The Kier molecular flexibility index (Phi) is 2.44. The van der Waals surface area contributed by atoms with Crippen LogP contribution in [0.1, 0.15) is 25.3 Å². The summed E-state index contributed by atoms with van der Waals surface area (Å²) in [5.41, 5.74) is 0.